The van der Waals surface area contributed by atoms with Crippen LogP contribution in [0.15, 0.2) is 71.3 Å². The van der Waals surface area contributed by atoms with E-state index < -0.39 is 17.7 Å². The molecule has 4 aromatic rings. The first-order valence-electron chi connectivity index (χ1n) is 9.58. The van der Waals surface area contributed by atoms with Gasteiger partial charge < -0.3 is 20.6 Å². The third kappa shape index (κ3) is 4.04. The normalized spacial score (nSPS) is 10.9. The van der Waals surface area contributed by atoms with Crippen molar-refractivity contribution in [1.29, 1.82) is 0 Å². The molecule has 0 aliphatic heterocycles. The summed E-state index contributed by atoms with van der Waals surface area (Å²) < 4.78 is 20.7. The highest BCUT2D eigenvalue weighted by atomic mass is 19.1. The van der Waals surface area contributed by atoms with Gasteiger partial charge >= 0.3 is 5.97 Å². The van der Waals surface area contributed by atoms with Gasteiger partial charge in [-0.05, 0) is 41.0 Å². The van der Waals surface area contributed by atoms with E-state index in [-0.39, 0.29) is 17.4 Å². The fourth-order valence-corrected chi connectivity index (χ4v) is 3.50. The Morgan fingerprint density at radius 3 is 2.65 bits per heavy atom. The fourth-order valence-electron chi connectivity index (χ4n) is 3.50. The van der Waals surface area contributed by atoms with Gasteiger partial charge in [-0.3, -0.25) is 9.59 Å². The van der Waals surface area contributed by atoms with Crippen molar-refractivity contribution in [2.45, 2.75) is 13.0 Å². The molecule has 1 amide bonds. The molecule has 0 atom stereocenters. The number of carbonyl (C=O) groups excluding carboxylic acids is 1. The number of anilines is 1. The first-order valence-corrected chi connectivity index (χ1v) is 9.58. The second-order valence-corrected chi connectivity index (χ2v) is 7.04. The van der Waals surface area contributed by atoms with Crippen molar-refractivity contribution in [3.63, 3.8) is 0 Å². The Labute approximate surface area is 177 Å². The summed E-state index contributed by atoms with van der Waals surface area (Å²) in [6.45, 7) is 0.337. The topological polar surface area (TPSA) is 106 Å². The van der Waals surface area contributed by atoms with Crippen LogP contribution >= 0.6 is 0 Å². The van der Waals surface area contributed by atoms with Gasteiger partial charge in [0.15, 0.2) is 0 Å². The van der Waals surface area contributed by atoms with Crippen LogP contribution in [-0.4, -0.2) is 17.0 Å². The molecule has 0 saturated carbocycles. The quantitative estimate of drug-likeness (QED) is 0.425. The lowest BCUT2D eigenvalue weighted by molar-refractivity contribution is -0.136. The molecule has 7 heteroatoms. The fraction of sp³-hybridized carbons (Fsp3) is 0.0833. The van der Waals surface area contributed by atoms with Gasteiger partial charge in [-0.2, -0.15) is 0 Å². The van der Waals surface area contributed by atoms with E-state index in [0.29, 0.717) is 28.9 Å². The Hall–Kier alpha value is -3.97. The number of carboxylic acids is 1. The molecule has 4 rings (SSSR count). The highest BCUT2D eigenvalue weighted by Crippen LogP contribution is 2.34. The first-order chi connectivity index (χ1) is 15.0. The zero-order chi connectivity index (χ0) is 22.0. The van der Waals surface area contributed by atoms with Gasteiger partial charge in [-0.1, -0.05) is 36.4 Å². The molecule has 6 nitrogen and oxygen atoms in total. The number of halogens is 1. The standard InChI is InChI=1S/C24H19FN2O4/c25-22-17-8-9-31-23(17)18(15-6-3-4-14(10-15)13-26)12-19(22)24(30)27-20-7-2-1-5-16(20)11-21(28)29/h1-10,12H,11,13,26H2,(H,27,30)(H,28,29). The van der Waals surface area contributed by atoms with Crippen LogP contribution in [-0.2, 0) is 17.8 Å². The molecule has 0 unspecified atom stereocenters. The maximum absolute atomic E-state index is 15.2. The molecule has 0 radical (unpaired) electrons. The number of nitrogens with one attached hydrogen (secondary N) is 1. The number of hydrogen-bond donors (Lipinski definition) is 3. The minimum atomic E-state index is -1.03. The van der Waals surface area contributed by atoms with Crippen LogP contribution in [0.3, 0.4) is 0 Å². The number of nitrogens with two attached hydrogens (primary N) is 1. The number of amides is 1. The van der Waals surface area contributed by atoms with Crippen molar-refractivity contribution in [3.8, 4) is 11.1 Å². The summed E-state index contributed by atoms with van der Waals surface area (Å²) in [5, 5.41) is 11.9. The van der Waals surface area contributed by atoms with E-state index in [1.165, 1.54) is 18.4 Å². The van der Waals surface area contributed by atoms with E-state index in [4.69, 9.17) is 15.3 Å². The Morgan fingerprint density at radius 2 is 1.87 bits per heavy atom. The Kier molecular flexibility index (Phi) is 5.51. The maximum Gasteiger partial charge on any atom is 0.307 e. The number of carbonyl (C=O) groups is 2. The lowest BCUT2D eigenvalue weighted by atomic mass is 9.97. The molecule has 0 fully saturated rings. The molecular weight excluding hydrogens is 399 g/mol. The van der Waals surface area contributed by atoms with Crippen molar-refractivity contribution in [2.24, 2.45) is 5.73 Å². The van der Waals surface area contributed by atoms with Crippen LogP contribution in [0.5, 0.6) is 0 Å². The smallest absolute Gasteiger partial charge is 0.307 e. The second kappa shape index (κ2) is 8.41. The van der Waals surface area contributed by atoms with Crippen molar-refractivity contribution in [2.75, 3.05) is 5.32 Å². The van der Waals surface area contributed by atoms with E-state index in [0.717, 1.165) is 11.1 Å². The van der Waals surface area contributed by atoms with Crippen molar-refractivity contribution in [3.05, 3.63) is 89.4 Å². The zero-order valence-corrected chi connectivity index (χ0v) is 16.4. The first kappa shape index (κ1) is 20.3. The summed E-state index contributed by atoms with van der Waals surface area (Å²) in [6.07, 6.45) is 1.10. The lowest BCUT2D eigenvalue weighted by Crippen LogP contribution is -2.16. The van der Waals surface area contributed by atoms with E-state index in [2.05, 4.69) is 5.32 Å². The Morgan fingerprint density at radius 1 is 1.06 bits per heavy atom. The number of benzene rings is 3. The predicted octanol–water partition coefficient (Wildman–Crippen LogP) is 4.58. The number of carboxylic acid groups (broad SMARTS) is 1. The summed E-state index contributed by atoms with van der Waals surface area (Å²) in [5.74, 6) is -2.43. The number of hydrogen-bond acceptors (Lipinski definition) is 4. The Bertz CT molecular complexity index is 1300. The lowest BCUT2D eigenvalue weighted by Gasteiger charge is -2.12. The van der Waals surface area contributed by atoms with E-state index in [9.17, 15) is 9.59 Å². The monoisotopic (exact) mass is 418 g/mol. The molecule has 0 aliphatic carbocycles. The number of para-hydroxylation sites is 1. The van der Waals surface area contributed by atoms with Crippen molar-refractivity contribution in [1.82, 2.24) is 0 Å². The van der Waals surface area contributed by atoms with Gasteiger partial charge in [-0.15, -0.1) is 0 Å². The highest BCUT2D eigenvalue weighted by Gasteiger charge is 2.21. The predicted molar refractivity (Wildman–Crippen MR) is 115 cm³/mol. The Balaban J connectivity index is 1.79. The number of aliphatic carboxylic acids is 1. The van der Waals surface area contributed by atoms with Gasteiger partial charge in [0.2, 0.25) is 0 Å². The van der Waals surface area contributed by atoms with E-state index in [1.54, 1.807) is 24.3 Å². The molecule has 1 heterocycles. The summed E-state index contributed by atoms with van der Waals surface area (Å²) >= 11 is 0. The SMILES string of the molecule is NCc1cccc(-c2cc(C(=O)Nc3ccccc3CC(=O)O)c(F)c3ccoc23)c1. The van der Waals surface area contributed by atoms with E-state index >= 15 is 4.39 Å². The third-order valence-electron chi connectivity index (χ3n) is 5.00. The molecule has 0 bridgehead atoms. The third-order valence-corrected chi connectivity index (χ3v) is 5.00. The maximum atomic E-state index is 15.2. The molecule has 0 aliphatic rings. The summed E-state index contributed by atoms with van der Waals surface area (Å²) in [5.41, 5.74) is 8.80. The van der Waals surface area contributed by atoms with Crippen LogP contribution < -0.4 is 11.1 Å². The summed E-state index contributed by atoms with van der Waals surface area (Å²) in [6, 6.07) is 16.8. The molecular formula is C24H19FN2O4. The van der Waals surface area contributed by atoms with Crippen molar-refractivity contribution < 1.29 is 23.5 Å². The van der Waals surface area contributed by atoms with Crippen LogP contribution in [0, 0.1) is 5.82 Å². The van der Waals surface area contributed by atoms with Gasteiger partial charge in [0.05, 0.1) is 23.6 Å². The van der Waals surface area contributed by atoms with Gasteiger partial charge in [0.25, 0.3) is 5.91 Å². The molecule has 31 heavy (non-hydrogen) atoms. The van der Waals surface area contributed by atoms with Crippen LogP contribution in [0.2, 0.25) is 0 Å². The van der Waals surface area contributed by atoms with Crippen molar-refractivity contribution >= 4 is 28.5 Å². The minimum Gasteiger partial charge on any atom is -0.481 e. The average molecular weight is 418 g/mol. The molecule has 3 aromatic carbocycles. The summed E-state index contributed by atoms with van der Waals surface area (Å²) in [7, 11) is 0. The average Bonchev–Trinajstić information content (AvgIpc) is 3.25. The highest BCUT2D eigenvalue weighted by molar-refractivity contribution is 6.09. The van der Waals surface area contributed by atoms with E-state index in [1.807, 2.05) is 24.3 Å². The molecule has 0 saturated heterocycles. The van der Waals surface area contributed by atoms with Gasteiger partial charge in [0.1, 0.15) is 11.4 Å². The van der Waals surface area contributed by atoms with Crippen LogP contribution in [0.4, 0.5) is 10.1 Å². The van der Waals surface area contributed by atoms with Crippen LogP contribution in [0.1, 0.15) is 21.5 Å². The van der Waals surface area contributed by atoms with Gasteiger partial charge in [-0.25, -0.2) is 4.39 Å². The number of furan rings is 1. The second-order valence-electron chi connectivity index (χ2n) is 7.04. The summed E-state index contributed by atoms with van der Waals surface area (Å²) in [4.78, 5) is 24.1. The molecule has 4 N–H and O–H groups in total. The molecule has 1 aromatic heterocycles. The molecule has 156 valence electrons. The van der Waals surface area contributed by atoms with Gasteiger partial charge in [0, 0.05) is 17.8 Å². The minimum absolute atomic E-state index is 0.174. The number of rotatable bonds is 6. The number of fused-ring (bicyclic) bond motifs is 1. The largest absolute Gasteiger partial charge is 0.481 e. The molecule has 0 spiro atoms. The van der Waals surface area contributed by atoms with Crippen LogP contribution in [0.25, 0.3) is 22.1 Å². The zero-order valence-electron chi connectivity index (χ0n) is 16.4.